The van der Waals surface area contributed by atoms with E-state index in [1.807, 2.05) is 13.8 Å². The van der Waals surface area contributed by atoms with Gasteiger partial charge in [0.1, 0.15) is 22.9 Å². The number of aliphatic imine (C=N–C) groups is 2. The van der Waals surface area contributed by atoms with Gasteiger partial charge in [-0.15, -0.1) is 4.99 Å². The Labute approximate surface area is 234 Å². The van der Waals surface area contributed by atoms with Crippen LogP contribution in [0.15, 0.2) is 34.3 Å². The number of hydrogen-bond donors (Lipinski definition) is 3. The fourth-order valence-corrected chi connectivity index (χ4v) is 3.54. The highest BCUT2D eigenvalue weighted by Gasteiger charge is 2.25. The first kappa shape index (κ1) is 32.1. The van der Waals surface area contributed by atoms with Crippen molar-refractivity contribution >= 4 is 41.7 Å². The van der Waals surface area contributed by atoms with Crippen LogP contribution in [-0.2, 0) is 9.47 Å². The molecule has 0 bridgehead atoms. The van der Waals surface area contributed by atoms with E-state index in [4.69, 9.17) is 14.9 Å². The molecule has 1 aliphatic heterocycles. The second-order valence-corrected chi connectivity index (χ2v) is 11.4. The van der Waals surface area contributed by atoms with E-state index in [0.717, 1.165) is 12.3 Å². The van der Waals surface area contributed by atoms with E-state index in [-0.39, 0.29) is 29.9 Å². The summed E-state index contributed by atoms with van der Waals surface area (Å²) in [6.07, 6.45) is 1.39. The fraction of sp³-hybridized carbons (Fsp3) is 0.500. The Bertz CT molecular complexity index is 1220. The molecule has 0 aromatic heterocycles. The van der Waals surface area contributed by atoms with Crippen LogP contribution in [0.25, 0.3) is 5.57 Å². The molecule has 0 radical (unpaired) electrons. The Morgan fingerprint density at radius 3 is 2.23 bits per heavy atom. The molecular formula is C28H39FN6O5. The molecule has 1 aliphatic rings. The molecule has 40 heavy (non-hydrogen) atoms. The number of halogens is 1. The Morgan fingerprint density at radius 2 is 1.73 bits per heavy atom. The van der Waals surface area contributed by atoms with Gasteiger partial charge in [-0.2, -0.15) is 0 Å². The highest BCUT2D eigenvalue weighted by atomic mass is 19.1. The molecule has 12 heteroatoms. The van der Waals surface area contributed by atoms with Gasteiger partial charge in [-0.3, -0.25) is 15.1 Å². The Balaban J connectivity index is 2.23. The van der Waals surface area contributed by atoms with Gasteiger partial charge in [0.25, 0.3) is 5.91 Å². The predicted octanol–water partition coefficient (Wildman–Crippen LogP) is 4.92. The number of benzene rings is 1. The standard InChI is InChI=1S/C28H39FN6O5/c1-17(2)31-22(16-30)32-23(36)19-9-10-20(21(29)15-19)18-11-13-35(14-12-18)24(33-25(37)39-27(3,4)5)34-26(38)40-28(6,7)8/h9-11,15-17,30H,12-14H2,1-8H3,(H,31,32,36)(H,33,34,37,38). The van der Waals surface area contributed by atoms with Crippen LogP contribution in [0.1, 0.15) is 77.7 Å². The van der Waals surface area contributed by atoms with Crippen molar-refractivity contribution in [1.29, 1.82) is 5.41 Å². The predicted molar refractivity (Wildman–Crippen MR) is 152 cm³/mol. The zero-order chi connectivity index (χ0) is 30.3. The number of alkyl carbamates (subject to hydrolysis) is 1. The van der Waals surface area contributed by atoms with Gasteiger partial charge in [-0.25, -0.2) is 14.0 Å². The number of carbonyl (C=O) groups excluding carboxylic acids is 3. The van der Waals surface area contributed by atoms with E-state index < -0.39 is 35.1 Å². The van der Waals surface area contributed by atoms with E-state index in [0.29, 0.717) is 24.1 Å². The average molecular weight is 559 g/mol. The van der Waals surface area contributed by atoms with E-state index >= 15 is 4.39 Å². The first-order valence-corrected chi connectivity index (χ1v) is 12.9. The van der Waals surface area contributed by atoms with E-state index in [1.54, 1.807) is 52.5 Å². The molecule has 1 aromatic carbocycles. The van der Waals surface area contributed by atoms with Crippen LogP contribution >= 0.6 is 0 Å². The van der Waals surface area contributed by atoms with Gasteiger partial charge in [-0.05, 0) is 79.5 Å². The van der Waals surface area contributed by atoms with Crippen molar-refractivity contribution in [3.05, 3.63) is 41.2 Å². The SMILES string of the molecule is CC(C)N=C(C=N)NC(=O)c1ccc(C2=CCN(C(=NC(=O)OC(C)(C)C)NC(=O)OC(C)(C)C)CC2)c(F)c1. The Hall–Kier alpha value is -4.09. The maximum atomic E-state index is 15.1. The number of rotatable bonds is 4. The van der Waals surface area contributed by atoms with Crippen LogP contribution in [0, 0.1) is 11.2 Å². The maximum absolute atomic E-state index is 15.1. The number of nitrogens with one attached hydrogen (secondary N) is 3. The highest BCUT2D eigenvalue weighted by molar-refractivity contribution is 6.32. The molecule has 3 N–H and O–H groups in total. The number of hydrogen-bond acceptors (Lipinski definition) is 7. The lowest BCUT2D eigenvalue weighted by Gasteiger charge is -2.30. The molecular weight excluding hydrogens is 519 g/mol. The minimum absolute atomic E-state index is 0.0450. The van der Waals surface area contributed by atoms with Crippen molar-refractivity contribution in [3.63, 3.8) is 0 Å². The molecule has 1 aromatic rings. The molecule has 0 saturated carbocycles. The first-order valence-electron chi connectivity index (χ1n) is 12.9. The van der Waals surface area contributed by atoms with Crippen molar-refractivity contribution < 1.29 is 28.2 Å². The molecule has 11 nitrogen and oxygen atoms in total. The topological polar surface area (TPSA) is 146 Å². The number of ether oxygens (including phenoxy) is 2. The molecule has 0 saturated heterocycles. The summed E-state index contributed by atoms with van der Waals surface area (Å²) in [6, 6.07) is 4.03. The number of amidine groups is 1. The largest absolute Gasteiger partial charge is 0.444 e. The third kappa shape index (κ3) is 10.6. The summed E-state index contributed by atoms with van der Waals surface area (Å²) in [5, 5.41) is 12.4. The van der Waals surface area contributed by atoms with E-state index in [9.17, 15) is 14.4 Å². The molecule has 3 amide bonds. The van der Waals surface area contributed by atoms with Crippen LogP contribution in [0.2, 0.25) is 0 Å². The minimum Gasteiger partial charge on any atom is -0.444 e. The number of carbonyl (C=O) groups is 3. The van der Waals surface area contributed by atoms with Gasteiger partial charge in [0, 0.05) is 30.3 Å². The highest BCUT2D eigenvalue weighted by Crippen LogP contribution is 2.26. The van der Waals surface area contributed by atoms with Crippen molar-refractivity contribution in [1.82, 2.24) is 15.5 Å². The molecule has 2 rings (SSSR count). The van der Waals surface area contributed by atoms with Gasteiger partial charge in [0.05, 0.1) is 6.21 Å². The second-order valence-electron chi connectivity index (χ2n) is 11.4. The third-order valence-electron chi connectivity index (χ3n) is 5.06. The molecule has 0 atom stereocenters. The molecule has 0 unspecified atom stereocenters. The lowest BCUT2D eigenvalue weighted by Crippen LogP contribution is -2.48. The summed E-state index contributed by atoms with van der Waals surface area (Å²) >= 11 is 0. The quantitative estimate of drug-likeness (QED) is 0.353. The van der Waals surface area contributed by atoms with Gasteiger partial charge < -0.3 is 25.1 Å². The molecule has 0 aliphatic carbocycles. The van der Waals surface area contributed by atoms with Crippen LogP contribution < -0.4 is 10.6 Å². The average Bonchev–Trinajstić information content (AvgIpc) is 2.80. The molecule has 218 valence electrons. The van der Waals surface area contributed by atoms with Crippen LogP contribution in [0.5, 0.6) is 0 Å². The third-order valence-corrected chi connectivity index (χ3v) is 5.06. The summed E-state index contributed by atoms with van der Waals surface area (Å²) in [5.41, 5.74) is -0.443. The lowest BCUT2D eigenvalue weighted by atomic mass is 9.97. The summed E-state index contributed by atoms with van der Waals surface area (Å²) in [5.74, 6) is -1.12. The van der Waals surface area contributed by atoms with E-state index in [2.05, 4.69) is 20.6 Å². The maximum Gasteiger partial charge on any atom is 0.437 e. The number of guanidine groups is 1. The summed E-state index contributed by atoms with van der Waals surface area (Å²) in [4.78, 5) is 47.1. The Kier molecular flexibility index (Phi) is 10.7. The van der Waals surface area contributed by atoms with Crippen molar-refractivity contribution in [2.75, 3.05) is 13.1 Å². The van der Waals surface area contributed by atoms with Gasteiger partial charge in [0.2, 0.25) is 5.96 Å². The number of amides is 3. The number of nitrogens with zero attached hydrogens (tertiary/aromatic N) is 3. The molecule has 1 heterocycles. The first-order chi connectivity index (χ1) is 18.5. The lowest BCUT2D eigenvalue weighted by molar-refractivity contribution is 0.0554. The molecule has 0 fully saturated rings. The van der Waals surface area contributed by atoms with Gasteiger partial charge >= 0.3 is 12.2 Å². The van der Waals surface area contributed by atoms with Crippen LogP contribution in [0.4, 0.5) is 14.0 Å². The van der Waals surface area contributed by atoms with Gasteiger partial charge in [-0.1, -0.05) is 12.1 Å². The second kappa shape index (κ2) is 13.3. The van der Waals surface area contributed by atoms with Crippen LogP contribution in [-0.4, -0.2) is 71.3 Å². The normalized spacial score (nSPS) is 14.8. The fourth-order valence-electron chi connectivity index (χ4n) is 3.54. The smallest absolute Gasteiger partial charge is 0.437 e. The van der Waals surface area contributed by atoms with Crippen molar-refractivity contribution in [2.45, 2.75) is 79.1 Å². The van der Waals surface area contributed by atoms with Crippen molar-refractivity contribution in [2.24, 2.45) is 9.98 Å². The summed E-state index contributed by atoms with van der Waals surface area (Å²) in [7, 11) is 0. The van der Waals surface area contributed by atoms with Gasteiger partial charge in [0.15, 0.2) is 0 Å². The Morgan fingerprint density at radius 1 is 1.07 bits per heavy atom. The minimum atomic E-state index is -0.877. The summed E-state index contributed by atoms with van der Waals surface area (Å²) < 4.78 is 25.6. The summed E-state index contributed by atoms with van der Waals surface area (Å²) in [6.45, 7) is 14.4. The zero-order valence-electron chi connectivity index (χ0n) is 24.3. The van der Waals surface area contributed by atoms with Crippen molar-refractivity contribution in [3.8, 4) is 0 Å². The van der Waals surface area contributed by atoms with E-state index in [1.165, 1.54) is 12.1 Å². The van der Waals surface area contributed by atoms with Crippen LogP contribution in [0.3, 0.4) is 0 Å². The monoisotopic (exact) mass is 558 g/mol. The zero-order valence-corrected chi connectivity index (χ0v) is 24.3. The molecule has 0 spiro atoms.